The smallest absolute Gasteiger partial charge is 0.0655 e. The topological polar surface area (TPSA) is 23.8 Å². The van der Waals surface area contributed by atoms with Crippen molar-refractivity contribution in [3.8, 4) is 6.07 Å². The van der Waals surface area contributed by atoms with E-state index >= 15 is 0 Å². The Morgan fingerprint density at radius 1 is 1.45 bits per heavy atom. The molecule has 62 valence electrons. The Bertz CT molecular complexity index is 155. The van der Waals surface area contributed by atoms with Crippen LogP contribution >= 0.6 is 0 Å². The molecular formula is C10H17N. The van der Waals surface area contributed by atoms with Crippen molar-refractivity contribution in [3.05, 3.63) is 0 Å². The molecule has 0 saturated heterocycles. The largest absolute Gasteiger partial charge is 0.198 e. The minimum atomic E-state index is 0.374. The number of rotatable bonds is 2. The quantitative estimate of drug-likeness (QED) is 0.595. The lowest BCUT2D eigenvalue weighted by molar-refractivity contribution is 0.413. The summed E-state index contributed by atoms with van der Waals surface area (Å²) in [4.78, 5) is 0. The number of nitrogens with zero attached hydrogens (tertiary/aromatic N) is 1. The third kappa shape index (κ3) is 2.54. The summed E-state index contributed by atoms with van der Waals surface area (Å²) in [7, 11) is 0. The zero-order valence-corrected chi connectivity index (χ0v) is 7.51. The van der Waals surface area contributed by atoms with Gasteiger partial charge in [0, 0.05) is 5.92 Å². The van der Waals surface area contributed by atoms with Gasteiger partial charge < -0.3 is 0 Å². The summed E-state index contributed by atoms with van der Waals surface area (Å²) in [6.45, 7) is 4.53. The maximum absolute atomic E-state index is 8.67. The second-order valence-corrected chi connectivity index (χ2v) is 4.13. The van der Waals surface area contributed by atoms with Crippen molar-refractivity contribution in [2.75, 3.05) is 0 Å². The van der Waals surface area contributed by atoms with Gasteiger partial charge in [0.1, 0.15) is 0 Å². The Balaban J connectivity index is 2.26. The lowest BCUT2D eigenvalue weighted by atomic mass is 9.95. The first-order valence-corrected chi connectivity index (χ1v) is 4.62. The van der Waals surface area contributed by atoms with Crippen LogP contribution in [-0.4, -0.2) is 0 Å². The van der Waals surface area contributed by atoms with Crippen LogP contribution in [0.2, 0.25) is 0 Å². The molecule has 0 aliphatic heterocycles. The van der Waals surface area contributed by atoms with Crippen molar-refractivity contribution in [2.45, 2.75) is 39.5 Å². The van der Waals surface area contributed by atoms with E-state index in [1.165, 1.54) is 12.8 Å². The Hall–Kier alpha value is -0.510. The molecular weight excluding hydrogens is 134 g/mol. The molecule has 1 aliphatic carbocycles. The molecule has 0 N–H and O–H groups in total. The van der Waals surface area contributed by atoms with Gasteiger partial charge >= 0.3 is 0 Å². The van der Waals surface area contributed by atoms with E-state index in [9.17, 15) is 0 Å². The van der Waals surface area contributed by atoms with Crippen LogP contribution in [-0.2, 0) is 0 Å². The molecule has 0 aromatic carbocycles. The molecule has 0 spiro atoms. The van der Waals surface area contributed by atoms with Crippen molar-refractivity contribution in [1.82, 2.24) is 0 Å². The third-order valence-corrected chi connectivity index (χ3v) is 2.53. The summed E-state index contributed by atoms with van der Waals surface area (Å²) < 4.78 is 0. The highest BCUT2D eigenvalue weighted by Crippen LogP contribution is 2.34. The standard InChI is InChI=1S/C10H17N/c1-8(2)5-9-3-4-10(6-9)7-11/h8-10H,3-6H2,1-2H3. The molecule has 0 amide bonds. The molecule has 1 saturated carbocycles. The van der Waals surface area contributed by atoms with Gasteiger partial charge in [-0.25, -0.2) is 0 Å². The minimum Gasteiger partial charge on any atom is -0.198 e. The van der Waals surface area contributed by atoms with E-state index in [1.807, 2.05) is 0 Å². The molecule has 1 heteroatoms. The first-order chi connectivity index (χ1) is 5.22. The van der Waals surface area contributed by atoms with Gasteiger partial charge in [0.25, 0.3) is 0 Å². The van der Waals surface area contributed by atoms with Crippen LogP contribution in [0.4, 0.5) is 0 Å². The zero-order valence-electron chi connectivity index (χ0n) is 7.51. The van der Waals surface area contributed by atoms with E-state index in [1.54, 1.807) is 0 Å². The monoisotopic (exact) mass is 151 g/mol. The number of hydrogen-bond acceptors (Lipinski definition) is 1. The fourth-order valence-corrected chi connectivity index (χ4v) is 2.07. The summed E-state index contributed by atoms with van der Waals surface area (Å²) >= 11 is 0. The van der Waals surface area contributed by atoms with Gasteiger partial charge in [0.05, 0.1) is 6.07 Å². The number of hydrogen-bond donors (Lipinski definition) is 0. The van der Waals surface area contributed by atoms with Crippen LogP contribution < -0.4 is 0 Å². The number of nitriles is 1. The van der Waals surface area contributed by atoms with Crippen LogP contribution in [0, 0.1) is 29.1 Å². The SMILES string of the molecule is CC(C)CC1CCC(C#N)C1. The van der Waals surface area contributed by atoms with Crippen LogP contribution in [0.15, 0.2) is 0 Å². The lowest BCUT2D eigenvalue weighted by Crippen LogP contribution is -1.99. The average Bonchev–Trinajstić information content (AvgIpc) is 2.34. The fourth-order valence-electron chi connectivity index (χ4n) is 2.07. The van der Waals surface area contributed by atoms with Gasteiger partial charge in [0.2, 0.25) is 0 Å². The first-order valence-electron chi connectivity index (χ1n) is 4.62. The van der Waals surface area contributed by atoms with Crippen LogP contribution in [0.5, 0.6) is 0 Å². The molecule has 1 rings (SSSR count). The summed E-state index contributed by atoms with van der Waals surface area (Å²) in [5.74, 6) is 2.02. The van der Waals surface area contributed by atoms with Crippen molar-refractivity contribution >= 4 is 0 Å². The summed E-state index contributed by atoms with van der Waals surface area (Å²) in [6, 6.07) is 2.37. The molecule has 0 bridgehead atoms. The summed E-state index contributed by atoms with van der Waals surface area (Å²) in [6.07, 6.45) is 4.91. The highest BCUT2D eigenvalue weighted by atomic mass is 14.3. The summed E-state index contributed by atoms with van der Waals surface area (Å²) in [5.41, 5.74) is 0. The van der Waals surface area contributed by atoms with Crippen molar-refractivity contribution in [1.29, 1.82) is 5.26 Å². The van der Waals surface area contributed by atoms with E-state index < -0.39 is 0 Å². The minimum absolute atomic E-state index is 0.374. The first kappa shape index (κ1) is 8.59. The van der Waals surface area contributed by atoms with Gasteiger partial charge in [0.15, 0.2) is 0 Å². The van der Waals surface area contributed by atoms with E-state index in [0.29, 0.717) is 5.92 Å². The van der Waals surface area contributed by atoms with E-state index in [0.717, 1.165) is 24.7 Å². The second-order valence-electron chi connectivity index (χ2n) is 4.13. The highest BCUT2D eigenvalue weighted by molar-refractivity contribution is 4.89. The van der Waals surface area contributed by atoms with Gasteiger partial charge in [-0.15, -0.1) is 0 Å². The predicted octanol–water partition coefficient (Wildman–Crippen LogP) is 2.97. The molecule has 2 unspecified atom stereocenters. The molecule has 0 aromatic heterocycles. The molecule has 1 aliphatic rings. The van der Waals surface area contributed by atoms with Gasteiger partial charge in [-0.05, 0) is 37.5 Å². The Labute approximate surface area is 69.4 Å². The Kier molecular flexibility index (Phi) is 2.93. The van der Waals surface area contributed by atoms with Gasteiger partial charge in [-0.2, -0.15) is 5.26 Å². The van der Waals surface area contributed by atoms with Crippen molar-refractivity contribution < 1.29 is 0 Å². The van der Waals surface area contributed by atoms with Gasteiger partial charge in [-0.1, -0.05) is 13.8 Å². The van der Waals surface area contributed by atoms with Crippen LogP contribution in [0.1, 0.15) is 39.5 Å². The molecule has 2 atom stereocenters. The normalized spacial score (nSPS) is 30.7. The lowest BCUT2D eigenvalue weighted by Gasteiger charge is -2.10. The molecule has 0 aromatic rings. The highest BCUT2D eigenvalue weighted by Gasteiger charge is 2.24. The maximum Gasteiger partial charge on any atom is 0.0655 e. The van der Waals surface area contributed by atoms with Crippen molar-refractivity contribution in [2.24, 2.45) is 17.8 Å². The molecule has 1 nitrogen and oxygen atoms in total. The fraction of sp³-hybridized carbons (Fsp3) is 0.900. The van der Waals surface area contributed by atoms with E-state index in [-0.39, 0.29) is 0 Å². The molecule has 11 heavy (non-hydrogen) atoms. The maximum atomic E-state index is 8.67. The Morgan fingerprint density at radius 2 is 2.18 bits per heavy atom. The molecule has 0 radical (unpaired) electrons. The van der Waals surface area contributed by atoms with Crippen molar-refractivity contribution in [3.63, 3.8) is 0 Å². The Morgan fingerprint density at radius 3 is 2.64 bits per heavy atom. The molecule has 0 heterocycles. The van der Waals surface area contributed by atoms with E-state index in [2.05, 4.69) is 19.9 Å². The van der Waals surface area contributed by atoms with Gasteiger partial charge in [-0.3, -0.25) is 0 Å². The third-order valence-electron chi connectivity index (χ3n) is 2.53. The summed E-state index contributed by atoms with van der Waals surface area (Å²) in [5, 5.41) is 8.67. The van der Waals surface area contributed by atoms with Crippen LogP contribution in [0.3, 0.4) is 0 Å². The predicted molar refractivity (Wildman–Crippen MR) is 45.9 cm³/mol. The van der Waals surface area contributed by atoms with E-state index in [4.69, 9.17) is 5.26 Å². The average molecular weight is 151 g/mol. The zero-order chi connectivity index (χ0) is 8.27. The molecule has 1 fully saturated rings. The second kappa shape index (κ2) is 3.76. The van der Waals surface area contributed by atoms with Crippen LogP contribution in [0.25, 0.3) is 0 Å².